The lowest BCUT2D eigenvalue weighted by atomic mass is 10.1. The van der Waals surface area contributed by atoms with Crippen LogP contribution in [0.1, 0.15) is 11.6 Å². The van der Waals surface area contributed by atoms with Gasteiger partial charge in [-0.25, -0.2) is 0 Å². The number of hydrogen-bond donors (Lipinski definition) is 1. The van der Waals surface area contributed by atoms with Crippen molar-refractivity contribution in [3.05, 3.63) is 66.2 Å². The molecule has 0 saturated carbocycles. The second-order valence-electron chi connectivity index (χ2n) is 6.20. The van der Waals surface area contributed by atoms with Crippen LogP contribution in [0.4, 0.5) is 0 Å². The molecule has 0 radical (unpaired) electrons. The molecule has 0 saturated heterocycles. The van der Waals surface area contributed by atoms with Crippen LogP contribution in [0.5, 0.6) is 0 Å². The van der Waals surface area contributed by atoms with Gasteiger partial charge in [0.15, 0.2) is 0 Å². The van der Waals surface area contributed by atoms with Gasteiger partial charge in [-0.05, 0) is 24.9 Å². The molecule has 0 aliphatic carbocycles. The number of aromatic nitrogens is 4. The first-order valence-electron chi connectivity index (χ1n) is 8.45. The molecule has 0 spiro atoms. The highest BCUT2D eigenvalue weighted by Crippen LogP contribution is 2.16. The van der Waals surface area contributed by atoms with Crippen LogP contribution in [0.15, 0.2) is 60.7 Å². The van der Waals surface area contributed by atoms with Crippen molar-refractivity contribution < 1.29 is 4.79 Å². The number of likely N-dealkylation sites (N-methyl/N-ethyl adjacent to an activating group) is 1. The zero-order valence-corrected chi connectivity index (χ0v) is 14.9. The van der Waals surface area contributed by atoms with Gasteiger partial charge in [-0.2, -0.15) is 4.80 Å². The molecule has 1 unspecified atom stereocenters. The predicted octanol–water partition coefficient (Wildman–Crippen LogP) is 1.76. The highest BCUT2D eigenvalue weighted by Gasteiger charge is 2.16. The molecule has 1 heterocycles. The van der Waals surface area contributed by atoms with E-state index in [2.05, 4.69) is 37.8 Å². The molecule has 0 aliphatic heterocycles. The zero-order chi connectivity index (χ0) is 18.4. The summed E-state index contributed by atoms with van der Waals surface area (Å²) in [5.41, 5.74) is 2.03. The fourth-order valence-electron chi connectivity index (χ4n) is 2.68. The first-order chi connectivity index (χ1) is 12.6. The maximum Gasteiger partial charge on any atom is 0.243 e. The topological polar surface area (TPSA) is 75.9 Å². The molecule has 2 aromatic carbocycles. The summed E-state index contributed by atoms with van der Waals surface area (Å²) in [4.78, 5) is 15.6. The first kappa shape index (κ1) is 17.8. The molecule has 26 heavy (non-hydrogen) atoms. The van der Waals surface area contributed by atoms with Crippen LogP contribution in [-0.2, 0) is 11.3 Å². The van der Waals surface area contributed by atoms with Gasteiger partial charge in [0.2, 0.25) is 11.7 Å². The van der Waals surface area contributed by atoms with Gasteiger partial charge in [-0.15, -0.1) is 10.2 Å². The van der Waals surface area contributed by atoms with Crippen LogP contribution < -0.4 is 5.32 Å². The largest absolute Gasteiger partial charge is 0.353 e. The number of benzene rings is 2. The summed E-state index contributed by atoms with van der Waals surface area (Å²) in [6.45, 7) is 0.546. The fraction of sp³-hybridized carbons (Fsp3) is 0.263. The number of tetrazole rings is 1. The fourth-order valence-corrected chi connectivity index (χ4v) is 2.68. The van der Waals surface area contributed by atoms with Crippen molar-refractivity contribution in [1.82, 2.24) is 30.4 Å². The molecule has 0 fully saturated rings. The van der Waals surface area contributed by atoms with Crippen molar-refractivity contribution >= 4 is 5.91 Å². The van der Waals surface area contributed by atoms with Gasteiger partial charge in [-0.1, -0.05) is 60.7 Å². The third-order valence-electron chi connectivity index (χ3n) is 4.07. The number of hydrogen-bond acceptors (Lipinski definition) is 5. The van der Waals surface area contributed by atoms with Gasteiger partial charge in [-0.3, -0.25) is 4.79 Å². The number of amides is 1. The van der Waals surface area contributed by atoms with Crippen LogP contribution in [0.25, 0.3) is 11.4 Å². The van der Waals surface area contributed by atoms with Gasteiger partial charge >= 0.3 is 0 Å². The molecule has 0 bridgehead atoms. The molecule has 7 heteroatoms. The van der Waals surface area contributed by atoms with Crippen LogP contribution in [-0.4, -0.2) is 51.7 Å². The van der Waals surface area contributed by atoms with Crippen LogP contribution in [0, 0.1) is 0 Å². The van der Waals surface area contributed by atoms with Crippen molar-refractivity contribution in [3.63, 3.8) is 0 Å². The Bertz CT molecular complexity index is 832. The van der Waals surface area contributed by atoms with E-state index in [1.165, 1.54) is 4.80 Å². The second-order valence-corrected chi connectivity index (χ2v) is 6.20. The zero-order valence-electron chi connectivity index (χ0n) is 14.9. The summed E-state index contributed by atoms with van der Waals surface area (Å²) in [6.07, 6.45) is 0. The van der Waals surface area contributed by atoms with E-state index in [0.29, 0.717) is 12.4 Å². The molecule has 1 aromatic heterocycles. The maximum atomic E-state index is 12.3. The quantitative estimate of drug-likeness (QED) is 0.703. The van der Waals surface area contributed by atoms with Crippen molar-refractivity contribution in [1.29, 1.82) is 0 Å². The third-order valence-corrected chi connectivity index (χ3v) is 4.07. The van der Waals surface area contributed by atoms with Gasteiger partial charge in [0.25, 0.3) is 0 Å². The summed E-state index contributed by atoms with van der Waals surface area (Å²) >= 11 is 0. The number of carbonyl (C=O) groups excluding carboxylic acids is 1. The Balaban J connectivity index is 1.58. The van der Waals surface area contributed by atoms with Crippen LogP contribution >= 0.6 is 0 Å². The maximum absolute atomic E-state index is 12.3. The predicted molar refractivity (Wildman–Crippen MR) is 99.1 cm³/mol. The Morgan fingerprint density at radius 1 is 1.08 bits per heavy atom. The summed E-state index contributed by atoms with van der Waals surface area (Å²) in [5.74, 6) is 0.360. The van der Waals surface area contributed by atoms with E-state index in [0.717, 1.165) is 11.1 Å². The Kier molecular flexibility index (Phi) is 5.70. The normalized spacial score (nSPS) is 12.1. The SMILES string of the molecule is CN(C)C(CNC(=O)Cn1nnc(-c2ccccc2)n1)c1ccccc1. The average molecular weight is 350 g/mol. The lowest BCUT2D eigenvalue weighted by Crippen LogP contribution is -2.36. The summed E-state index contributed by atoms with van der Waals surface area (Å²) < 4.78 is 0. The summed E-state index contributed by atoms with van der Waals surface area (Å²) in [5, 5.41) is 15.2. The van der Waals surface area contributed by atoms with E-state index in [-0.39, 0.29) is 18.5 Å². The highest BCUT2D eigenvalue weighted by molar-refractivity contribution is 5.75. The van der Waals surface area contributed by atoms with Crippen LogP contribution in [0.2, 0.25) is 0 Å². The Hall–Kier alpha value is -3.06. The summed E-state index contributed by atoms with van der Waals surface area (Å²) in [7, 11) is 3.99. The second kappa shape index (κ2) is 8.35. The average Bonchev–Trinajstić information content (AvgIpc) is 3.11. The lowest BCUT2D eigenvalue weighted by Gasteiger charge is -2.25. The van der Waals surface area contributed by atoms with Gasteiger partial charge in [0.1, 0.15) is 6.54 Å². The van der Waals surface area contributed by atoms with E-state index >= 15 is 0 Å². The minimum absolute atomic E-state index is 0.0365. The van der Waals surface area contributed by atoms with E-state index < -0.39 is 0 Å². The van der Waals surface area contributed by atoms with Gasteiger partial charge in [0.05, 0.1) is 6.04 Å². The molecular formula is C19H22N6O. The monoisotopic (exact) mass is 350 g/mol. The molecular weight excluding hydrogens is 328 g/mol. The van der Waals surface area contributed by atoms with E-state index in [9.17, 15) is 4.79 Å². The highest BCUT2D eigenvalue weighted by atomic mass is 16.2. The molecule has 1 atom stereocenters. The van der Waals surface area contributed by atoms with Crippen molar-refractivity contribution in [2.45, 2.75) is 12.6 Å². The Labute approximate surface area is 152 Å². The molecule has 7 nitrogen and oxygen atoms in total. The molecule has 1 amide bonds. The number of nitrogens with one attached hydrogen (secondary N) is 1. The Morgan fingerprint density at radius 2 is 1.73 bits per heavy atom. The molecule has 3 rings (SSSR count). The van der Waals surface area contributed by atoms with Crippen molar-refractivity contribution in [3.8, 4) is 11.4 Å². The van der Waals surface area contributed by atoms with Crippen molar-refractivity contribution in [2.75, 3.05) is 20.6 Å². The van der Waals surface area contributed by atoms with E-state index in [1.807, 2.05) is 62.6 Å². The van der Waals surface area contributed by atoms with Gasteiger partial charge < -0.3 is 10.2 Å². The van der Waals surface area contributed by atoms with Crippen LogP contribution in [0.3, 0.4) is 0 Å². The number of nitrogens with zero attached hydrogens (tertiary/aromatic N) is 5. The minimum Gasteiger partial charge on any atom is -0.353 e. The molecule has 0 aliphatic rings. The minimum atomic E-state index is -0.148. The first-order valence-corrected chi connectivity index (χ1v) is 8.45. The Morgan fingerprint density at radius 3 is 2.38 bits per heavy atom. The molecule has 134 valence electrons. The number of carbonyl (C=O) groups is 1. The smallest absolute Gasteiger partial charge is 0.243 e. The number of rotatable bonds is 7. The summed E-state index contributed by atoms with van der Waals surface area (Å²) in [6, 6.07) is 19.8. The third kappa shape index (κ3) is 4.52. The standard InChI is InChI=1S/C19H22N6O/c1-24(2)17(15-9-5-3-6-10-15)13-20-18(26)14-25-22-19(21-23-25)16-11-7-4-8-12-16/h3-12,17H,13-14H2,1-2H3,(H,20,26). The van der Waals surface area contributed by atoms with Crippen molar-refractivity contribution in [2.24, 2.45) is 0 Å². The van der Waals surface area contributed by atoms with E-state index in [1.54, 1.807) is 0 Å². The molecule has 3 aromatic rings. The molecule has 1 N–H and O–H groups in total. The lowest BCUT2D eigenvalue weighted by molar-refractivity contribution is -0.122. The van der Waals surface area contributed by atoms with E-state index in [4.69, 9.17) is 0 Å². The van der Waals surface area contributed by atoms with Gasteiger partial charge in [0, 0.05) is 12.1 Å².